The van der Waals surface area contributed by atoms with Gasteiger partial charge in [-0.25, -0.2) is 0 Å². The highest BCUT2D eigenvalue weighted by molar-refractivity contribution is 7.45. The molecule has 0 rings (SSSR count). The smallest absolute Gasteiger partial charge is 0.306 e. The molecule has 0 heterocycles. The highest BCUT2D eigenvalue weighted by atomic mass is 31.2. The van der Waals surface area contributed by atoms with Gasteiger partial charge in [-0.15, -0.1) is 0 Å². The normalized spacial score (nSPS) is 13.9. The second-order valence-corrected chi connectivity index (χ2v) is 26.8. The number of likely N-dealkylation sites (N-methyl/N-ethyl adjacent to an activating group) is 1. The fourth-order valence-corrected chi connectivity index (χ4v) is 11.1. The number of quaternary nitrogens is 1. The van der Waals surface area contributed by atoms with Crippen molar-refractivity contribution < 1.29 is 37.3 Å². The predicted octanol–water partition coefficient (Wildman–Crippen LogP) is 21.9. The number of hydrogen-bond donors (Lipinski definition) is 1. The Labute approximate surface area is 515 Å². The number of ether oxygens (including phenoxy) is 1. The average Bonchev–Trinajstić information content (AvgIpc) is 3.51. The van der Waals surface area contributed by atoms with Crippen molar-refractivity contribution in [2.75, 3.05) is 40.9 Å². The van der Waals surface area contributed by atoms with Crippen molar-refractivity contribution in [3.8, 4) is 0 Å². The third-order valence-electron chi connectivity index (χ3n) is 15.9. The minimum absolute atomic E-state index is 0.0222. The maximum absolute atomic E-state index is 13.6. The van der Waals surface area contributed by atoms with E-state index in [1.807, 2.05) is 33.3 Å². The van der Waals surface area contributed by atoms with E-state index in [1.165, 1.54) is 238 Å². The van der Waals surface area contributed by atoms with Gasteiger partial charge in [0.15, 0.2) is 0 Å². The number of allylic oxidation sites excluding steroid dienone is 9. The summed E-state index contributed by atoms with van der Waals surface area (Å²) in [5.41, 5.74) is 0. The molecule has 0 aromatic rings. The first-order chi connectivity index (χ1) is 40.4. The van der Waals surface area contributed by atoms with Crippen LogP contribution < -0.4 is 10.2 Å². The van der Waals surface area contributed by atoms with Crippen LogP contribution in [0.25, 0.3) is 0 Å². The van der Waals surface area contributed by atoms with Crippen LogP contribution in [0.3, 0.4) is 0 Å². The van der Waals surface area contributed by atoms with Crippen molar-refractivity contribution in [3.05, 3.63) is 60.8 Å². The minimum atomic E-state index is -4.70. The molecular formula is C73H137N2O7P. The quantitative estimate of drug-likeness (QED) is 0.0212. The van der Waals surface area contributed by atoms with E-state index >= 15 is 0 Å². The zero-order valence-corrected chi connectivity index (χ0v) is 56.6. The van der Waals surface area contributed by atoms with E-state index in [2.05, 4.69) is 74.7 Å². The lowest BCUT2D eigenvalue weighted by Gasteiger charge is -2.30. The number of carbonyl (C=O) groups excluding carboxylic acids is 2. The second kappa shape index (κ2) is 62.8. The molecule has 0 aromatic heterocycles. The van der Waals surface area contributed by atoms with Gasteiger partial charge in [-0.3, -0.25) is 14.2 Å². The number of hydrogen-bond acceptors (Lipinski definition) is 7. The summed E-state index contributed by atoms with van der Waals surface area (Å²) in [6, 6.07) is -0.889. The first-order valence-corrected chi connectivity index (χ1v) is 37.1. The van der Waals surface area contributed by atoms with Gasteiger partial charge in [0, 0.05) is 12.8 Å². The van der Waals surface area contributed by atoms with Gasteiger partial charge in [0.1, 0.15) is 19.3 Å². The van der Waals surface area contributed by atoms with E-state index in [4.69, 9.17) is 13.8 Å². The van der Waals surface area contributed by atoms with Crippen LogP contribution in [0, 0.1) is 0 Å². The van der Waals surface area contributed by atoms with E-state index in [1.54, 1.807) is 0 Å². The van der Waals surface area contributed by atoms with Crippen LogP contribution in [0.1, 0.15) is 342 Å². The van der Waals surface area contributed by atoms with Crippen molar-refractivity contribution in [1.82, 2.24) is 5.32 Å². The van der Waals surface area contributed by atoms with E-state index in [0.29, 0.717) is 17.4 Å². The zero-order chi connectivity index (χ0) is 60.7. The molecule has 0 radical (unpaired) electrons. The van der Waals surface area contributed by atoms with Crippen LogP contribution in [-0.2, 0) is 27.9 Å². The molecule has 9 nitrogen and oxygen atoms in total. The summed E-state index contributed by atoms with van der Waals surface area (Å²) in [5.74, 6) is -0.531. The molecule has 0 aliphatic heterocycles. The summed E-state index contributed by atoms with van der Waals surface area (Å²) < 4.78 is 30.4. The average molecular weight is 1190 g/mol. The van der Waals surface area contributed by atoms with E-state index in [9.17, 15) is 19.0 Å². The number of amides is 1. The Bertz CT molecular complexity index is 1600. The fraction of sp³-hybridized carbons (Fsp3) is 0.836. The van der Waals surface area contributed by atoms with Gasteiger partial charge in [-0.05, 0) is 96.0 Å². The molecule has 3 atom stereocenters. The summed E-state index contributed by atoms with van der Waals surface area (Å²) in [4.78, 5) is 40.2. The molecule has 0 saturated heterocycles. The minimum Gasteiger partial charge on any atom is -0.756 e. The standard InChI is InChI=1S/C73H137N2O7P/c1-7-10-13-16-19-22-25-27-29-31-33-35-37-39-41-43-45-47-50-53-56-59-62-65-72(76)74-70(69-81-83(78,79)80-68-67-75(4,5)6)71(64-61-58-55-52-49-24-21-18-15-12-9-3)82-73(77)66-63-60-57-54-51-48-46-44-42-40-38-36-34-32-30-28-26-23-20-17-14-11-8-2/h19-20,22-23,27-30,61,64,70-71H,7-18,21,24-26,31-60,62-63,65-69H2,1-6H3,(H-,74,76,78,79)/b22-19-,23-20-,29-27-,30-28-,64-61+. The van der Waals surface area contributed by atoms with Crippen molar-refractivity contribution in [2.45, 2.75) is 354 Å². The SMILES string of the molecule is CCCCC/C=C\C/C=C\CCCCCCCCCCCCCCCC(=O)NC(COP(=O)([O-])OCC[N+](C)(C)C)C(/C=C/CCCCCCCCCCC)OC(=O)CCCCCCCCCCCCCCC/C=C\C/C=C\CCCCC. The Hall–Kier alpha value is -2.29. The molecule has 83 heavy (non-hydrogen) atoms. The van der Waals surface area contributed by atoms with Crippen molar-refractivity contribution >= 4 is 19.7 Å². The van der Waals surface area contributed by atoms with Crippen LogP contribution in [0.5, 0.6) is 0 Å². The van der Waals surface area contributed by atoms with Gasteiger partial charge in [0.2, 0.25) is 5.91 Å². The zero-order valence-electron chi connectivity index (χ0n) is 55.7. The number of phosphoric acid groups is 1. The number of carbonyl (C=O) groups is 2. The molecular weight excluding hydrogens is 1050 g/mol. The van der Waals surface area contributed by atoms with Gasteiger partial charge in [0.05, 0.1) is 33.8 Å². The monoisotopic (exact) mass is 1190 g/mol. The molecule has 1 amide bonds. The summed E-state index contributed by atoms with van der Waals surface area (Å²) in [6.07, 6.45) is 80.6. The highest BCUT2D eigenvalue weighted by Gasteiger charge is 2.27. The van der Waals surface area contributed by atoms with E-state index in [0.717, 1.165) is 70.6 Å². The van der Waals surface area contributed by atoms with Crippen LogP contribution in [-0.4, -0.2) is 69.4 Å². The number of rotatable bonds is 65. The van der Waals surface area contributed by atoms with Gasteiger partial charge in [0.25, 0.3) is 7.82 Å². The molecule has 0 fully saturated rings. The number of unbranched alkanes of at least 4 members (excludes halogenated alkanes) is 41. The second-order valence-electron chi connectivity index (χ2n) is 25.4. The van der Waals surface area contributed by atoms with Crippen molar-refractivity contribution in [1.29, 1.82) is 0 Å². The molecule has 0 spiro atoms. The molecule has 10 heteroatoms. The lowest BCUT2D eigenvalue weighted by atomic mass is 10.0. The molecule has 486 valence electrons. The Morgan fingerprint density at radius 1 is 0.422 bits per heavy atom. The van der Waals surface area contributed by atoms with Gasteiger partial charge in [-0.2, -0.15) is 0 Å². The number of esters is 1. The molecule has 3 unspecified atom stereocenters. The number of nitrogens with one attached hydrogen (secondary N) is 1. The maximum Gasteiger partial charge on any atom is 0.306 e. The summed E-state index contributed by atoms with van der Waals surface area (Å²) in [7, 11) is 1.19. The largest absolute Gasteiger partial charge is 0.756 e. The molecule has 0 bridgehead atoms. The van der Waals surface area contributed by atoms with Crippen molar-refractivity contribution in [2.24, 2.45) is 0 Å². The van der Waals surface area contributed by atoms with Crippen LogP contribution in [0.2, 0.25) is 0 Å². The number of nitrogens with zero attached hydrogens (tertiary/aromatic N) is 1. The maximum atomic E-state index is 13.6. The predicted molar refractivity (Wildman–Crippen MR) is 358 cm³/mol. The number of phosphoric ester groups is 1. The van der Waals surface area contributed by atoms with Gasteiger partial charge in [-0.1, -0.05) is 294 Å². The van der Waals surface area contributed by atoms with Crippen LogP contribution >= 0.6 is 7.82 Å². The van der Waals surface area contributed by atoms with Gasteiger partial charge >= 0.3 is 5.97 Å². The lowest BCUT2D eigenvalue weighted by molar-refractivity contribution is -0.870. The van der Waals surface area contributed by atoms with Gasteiger partial charge < -0.3 is 28.5 Å². The molecule has 1 N–H and O–H groups in total. The first-order valence-electron chi connectivity index (χ1n) is 35.6. The Morgan fingerprint density at radius 3 is 1.11 bits per heavy atom. The third-order valence-corrected chi connectivity index (χ3v) is 16.9. The van der Waals surface area contributed by atoms with E-state index < -0.39 is 20.0 Å². The molecule has 0 aliphatic rings. The summed E-state index contributed by atoms with van der Waals surface area (Å²) in [6.45, 7) is 6.83. The first kappa shape index (κ1) is 80.7. The molecule has 0 saturated carbocycles. The topological polar surface area (TPSA) is 114 Å². The molecule has 0 aromatic carbocycles. The summed E-state index contributed by atoms with van der Waals surface area (Å²) >= 11 is 0. The lowest BCUT2D eigenvalue weighted by Crippen LogP contribution is -2.47. The Balaban J connectivity index is 5.01. The Kier molecular flexibility index (Phi) is 61.0. The summed E-state index contributed by atoms with van der Waals surface area (Å²) in [5, 5.41) is 3.04. The van der Waals surface area contributed by atoms with Crippen molar-refractivity contribution in [3.63, 3.8) is 0 Å². The third kappa shape index (κ3) is 64.0. The highest BCUT2D eigenvalue weighted by Crippen LogP contribution is 2.38. The van der Waals surface area contributed by atoms with Crippen LogP contribution in [0.15, 0.2) is 60.8 Å². The Morgan fingerprint density at radius 2 is 0.735 bits per heavy atom. The van der Waals surface area contributed by atoms with E-state index in [-0.39, 0.29) is 31.5 Å². The van der Waals surface area contributed by atoms with Crippen LogP contribution in [0.4, 0.5) is 0 Å². The fourth-order valence-electron chi connectivity index (χ4n) is 10.4. The molecule has 0 aliphatic carbocycles.